The fourth-order valence-corrected chi connectivity index (χ4v) is 2.85. The number of nitrogens with zero attached hydrogens (tertiary/aromatic N) is 1. The molecule has 2 nitrogen and oxygen atoms in total. The van der Waals surface area contributed by atoms with Gasteiger partial charge >= 0.3 is 0 Å². The zero-order valence-electron chi connectivity index (χ0n) is 10.5. The highest BCUT2D eigenvalue weighted by molar-refractivity contribution is 9.10. The van der Waals surface area contributed by atoms with Gasteiger partial charge in [-0.15, -0.1) is 0 Å². The number of fused-ring (bicyclic) bond motifs is 3. The number of rotatable bonds is 1. The highest BCUT2D eigenvalue weighted by Crippen LogP contribution is 2.35. The molecule has 0 aliphatic heterocycles. The minimum Gasteiger partial charge on any atom is -0.455 e. The molecule has 0 amide bonds. The maximum atomic E-state index is 6.02. The normalized spacial score (nSPS) is 11.2. The van der Waals surface area contributed by atoms with E-state index >= 15 is 0 Å². The molecule has 2 heterocycles. The summed E-state index contributed by atoms with van der Waals surface area (Å²) in [5.41, 5.74) is 3.72. The quantitative estimate of drug-likeness (QED) is 0.438. The number of pyridine rings is 1. The van der Waals surface area contributed by atoms with Crippen LogP contribution in [-0.2, 0) is 0 Å². The Morgan fingerprint density at radius 3 is 2.50 bits per heavy atom. The van der Waals surface area contributed by atoms with Crippen LogP contribution >= 0.6 is 15.9 Å². The van der Waals surface area contributed by atoms with Gasteiger partial charge in [-0.3, -0.25) is 0 Å². The van der Waals surface area contributed by atoms with Crippen molar-refractivity contribution in [3.05, 3.63) is 65.3 Å². The minimum absolute atomic E-state index is 0.822. The average Bonchev–Trinajstić information content (AvgIpc) is 2.86. The third-order valence-corrected chi connectivity index (χ3v) is 3.84. The summed E-state index contributed by atoms with van der Waals surface area (Å²) in [5, 5.41) is 2.26. The van der Waals surface area contributed by atoms with Crippen LogP contribution in [0.3, 0.4) is 0 Å². The van der Waals surface area contributed by atoms with Gasteiger partial charge in [-0.2, -0.15) is 0 Å². The number of para-hydroxylation sites is 2. The van der Waals surface area contributed by atoms with E-state index in [1.54, 1.807) is 0 Å². The molecule has 2 aromatic heterocycles. The molecular formula is C17H10BrNO. The molecule has 0 aliphatic carbocycles. The molecule has 4 rings (SSSR count). The number of benzene rings is 2. The van der Waals surface area contributed by atoms with Gasteiger partial charge in [0.1, 0.15) is 15.8 Å². The molecule has 0 saturated heterocycles. The van der Waals surface area contributed by atoms with Crippen molar-refractivity contribution in [1.82, 2.24) is 4.98 Å². The molecule has 0 spiro atoms. The van der Waals surface area contributed by atoms with Crippen LogP contribution in [0.2, 0.25) is 0 Å². The van der Waals surface area contributed by atoms with Crippen molar-refractivity contribution in [3.8, 4) is 11.3 Å². The van der Waals surface area contributed by atoms with E-state index in [4.69, 9.17) is 4.42 Å². The predicted octanol–water partition coefficient (Wildman–Crippen LogP) is 5.41. The third kappa shape index (κ3) is 1.74. The first kappa shape index (κ1) is 11.7. The van der Waals surface area contributed by atoms with Gasteiger partial charge in [0.05, 0.1) is 5.69 Å². The number of halogens is 1. The summed E-state index contributed by atoms with van der Waals surface area (Å²) in [7, 11) is 0. The SMILES string of the molecule is Brc1cccc(-c2cccc3c2oc2ccccc23)n1. The maximum absolute atomic E-state index is 6.02. The lowest BCUT2D eigenvalue weighted by atomic mass is 10.1. The van der Waals surface area contributed by atoms with E-state index < -0.39 is 0 Å². The summed E-state index contributed by atoms with van der Waals surface area (Å²) in [6.07, 6.45) is 0. The molecule has 0 aliphatic rings. The van der Waals surface area contributed by atoms with E-state index in [0.717, 1.165) is 37.8 Å². The molecule has 0 unspecified atom stereocenters. The molecule has 0 fully saturated rings. The van der Waals surface area contributed by atoms with E-state index in [-0.39, 0.29) is 0 Å². The van der Waals surface area contributed by atoms with E-state index in [2.05, 4.69) is 33.0 Å². The summed E-state index contributed by atoms with van der Waals surface area (Å²) in [4.78, 5) is 4.52. The van der Waals surface area contributed by atoms with Crippen LogP contribution in [0.25, 0.3) is 33.2 Å². The standard InChI is InChI=1S/C17H10BrNO/c18-16-10-4-8-14(19-16)13-7-3-6-12-11-5-1-2-9-15(11)20-17(12)13/h1-10H. The Balaban J connectivity index is 2.10. The van der Waals surface area contributed by atoms with Crippen molar-refractivity contribution >= 4 is 37.9 Å². The van der Waals surface area contributed by atoms with Gasteiger partial charge in [-0.1, -0.05) is 36.4 Å². The molecule has 2 aromatic carbocycles. The highest BCUT2D eigenvalue weighted by atomic mass is 79.9. The first-order valence-corrected chi connectivity index (χ1v) is 7.15. The highest BCUT2D eigenvalue weighted by Gasteiger charge is 2.12. The monoisotopic (exact) mass is 323 g/mol. The first-order chi connectivity index (χ1) is 9.83. The lowest BCUT2D eigenvalue weighted by Crippen LogP contribution is -1.84. The second kappa shape index (κ2) is 4.46. The molecule has 96 valence electrons. The van der Waals surface area contributed by atoms with Crippen molar-refractivity contribution in [2.45, 2.75) is 0 Å². The van der Waals surface area contributed by atoms with Crippen LogP contribution in [0, 0.1) is 0 Å². The summed E-state index contributed by atoms with van der Waals surface area (Å²) in [6.45, 7) is 0. The molecule has 0 radical (unpaired) electrons. The largest absolute Gasteiger partial charge is 0.455 e. The van der Waals surface area contributed by atoms with Crippen LogP contribution < -0.4 is 0 Å². The first-order valence-electron chi connectivity index (χ1n) is 6.36. The molecular weight excluding hydrogens is 314 g/mol. The number of hydrogen-bond donors (Lipinski definition) is 0. The Hall–Kier alpha value is -2.13. The van der Waals surface area contributed by atoms with E-state index in [1.807, 2.05) is 48.5 Å². The van der Waals surface area contributed by atoms with Crippen molar-refractivity contribution in [3.63, 3.8) is 0 Å². The van der Waals surface area contributed by atoms with Crippen LogP contribution in [0.1, 0.15) is 0 Å². The molecule has 4 aromatic rings. The Bertz CT molecular complexity index is 926. The Labute approximate surface area is 124 Å². The van der Waals surface area contributed by atoms with Crippen LogP contribution in [0.4, 0.5) is 0 Å². The molecule has 0 saturated carbocycles. The Morgan fingerprint density at radius 1 is 0.800 bits per heavy atom. The third-order valence-electron chi connectivity index (χ3n) is 3.40. The zero-order valence-corrected chi connectivity index (χ0v) is 12.1. The molecule has 0 bridgehead atoms. The van der Waals surface area contributed by atoms with Gasteiger partial charge in [-0.05, 0) is 40.2 Å². The van der Waals surface area contributed by atoms with Gasteiger partial charge in [0, 0.05) is 16.3 Å². The van der Waals surface area contributed by atoms with E-state index in [1.165, 1.54) is 0 Å². The number of hydrogen-bond acceptors (Lipinski definition) is 2. The van der Waals surface area contributed by atoms with Crippen LogP contribution in [0.5, 0.6) is 0 Å². The summed E-state index contributed by atoms with van der Waals surface area (Å²) in [5.74, 6) is 0. The average molecular weight is 324 g/mol. The second-order valence-electron chi connectivity index (χ2n) is 4.63. The second-order valence-corrected chi connectivity index (χ2v) is 5.44. The molecule has 20 heavy (non-hydrogen) atoms. The van der Waals surface area contributed by atoms with E-state index in [9.17, 15) is 0 Å². The number of furan rings is 1. The van der Waals surface area contributed by atoms with Gasteiger partial charge in [0.15, 0.2) is 0 Å². The molecule has 0 atom stereocenters. The maximum Gasteiger partial charge on any atom is 0.144 e. The van der Waals surface area contributed by atoms with Crippen molar-refractivity contribution in [2.24, 2.45) is 0 Å². The summed E-state index contributed by atoms with van der Waals surface area (Å²) >= 11 is 3.42. The van der Waals surface area contributed by atoms with Gasteiger partial charge < -0.3 is 4.42 Å². The van der Waals surface area contributed by atoms with Crippen LogP contribution in [-0.4, -0.2) is 4.98 Å². The predicted molar refractivity (Wildman–Crippen MR) is 84.7 cm³/mol. The molecule has 0 N–H and O–H groups in total. The fraction of sp³-hybridized carbons (Fsp3) is 0. The van der Waals surface area contributed by atoms with Gasteiger partial charge in [0.25, 0.3) is 0 Å². The fourth-order valence-electron chi connectivity index (χ4n) is 2.51. The van der Waals surface area contributed by atoms with E-state index in [0.29, 0.717) is 0 Å². The topological polar surface area (TPSA) is 26.0 Å². The minimum atomic E-state index is 0.822. The Kier molecular flexibility index (Phi) is 2.60. The number of aromatic nitrogens is 1. The van der Waals surface area contributed by atoms with Crippen LogP contribution in [0.15, 0.2) is 69.7 Å². The summed E-state index contributed by atoms with van der Waals surface area (Å²) in [6, 6.07) is 20.2. The van der Waals surface area contributed by atoms with Gasteiger partial charge in [0.2, 0.25) is 0 Å². The van der Waals surface area contributed by atoms with Crippen molar-refractivity contribution in [1.29, 1.82) is 0 Å². The van der Waals surface area contributed by atoms with Crippen molar-refractivity contribution in [2.75, 3.05) is 0 Å². The molecule has 3 heteroatoms. The zero-order chi connectivity index (χ0) is 13.5. The lowest BCUT2D eigenvalue weighted by Gasteiger charge is -2.02. The summed E-state index contributed by atoms with van der Waals surface area (Å²) < 4.78 is 6.84. The van der Waals surface area contributed by atoms with Gasteiger partial charge in [-0.25, -0.2) is 4.98 Å². The smallest absolute Gasteiger partial charge is 0.144 e. The van der Waals surface area contributed by atoms with Crippen molar-refractivity contribution < 1.29 is 4.42 Å². The Morgan fingerprint density at radius 2 is 1.60 bits per heavy atom. The lowest BCUT2D eigenvalue weighted by molar-refractivity contribution is 0.670.